The number of hydrogen-bond acceptors (Lipinski definition) is 6. The summed E-state index contributed by atoms with van der Waals surface area (Å²) in [5.41, 5.74) is 3.66. The van der Waals surface area contributed by atoms with Crippen molar-refractivity contribution < 1.29 is 19.1 Å². The van der Waals surface area contributed by atoms with Crippen molar-refractivity contribution in [1.82, 2.24) is 14.8 Å². The first kappa shape index (κ1) is 22.8. The van der Waals surface area contributed by atoms with Gasteiger partial charge in [-0.15, -0.1) is 0 Å². The van der Waals surface area contributed by atoms with Gasteiger partial charge in [-0.3, -0.25) is 14.9 Å². The van der Waals surface area contributed by atoms with E-state index in [9.17, 15) is 9.59 Å². The van der Waals surface area contributed by atoms with Crippen LogP contribution in [0.15, 0.2) is 41.1 Å². The molecule has 0 radical (unpaired) electrons. The minimum atomic E-state index is -0.339. The number of anilines is 2. The molecule has 1 aromatic heterocycles. The van der Waals surface area contributed by atoms with Crippen LogP contribution in [0.25, 0.3) is 0 Å². The number of benzene rings is 2. The fraction of sp³-hybridized carbons (Fsp3) is 0.304. The third kappa shape index (κ3) is 5.16. The van der Waals surface area contributed by atoms with E-state index in [0.29, 0.717) is 28.5 Å². The summed E-state index contributed by atoms with van der Waals surface area (Å²) >= 11 is 3.53. The second kappa shape index (κ2) is 9.62. The second-order valence-electron chi connectivity index (χ2n) is 7.77. The minimum absolute atomic E-state index is 0.141. The van der Waals surface area contributed by atoms with Gasteiger partial charge in [0.05, 0.1) is 23.5 Å². The Labute approximate surface area is 199 Å². The number of aryl methyl sites for hydroxylation is 2. The van der Waals surface area contributed by atoms with Crippen LogP contribution in [-0.4, -0.2) is 39.8 Å². The number of aromatic nitrogens is 3. The van der Waals surface area contributed by atoms with Crippen LogP contribution in [0.3, 0.4) is 0 Å². The number of hydrogen-bond donors (Lipinski definition) is 2. The predicted molar refractivity (Wildman–Crippen MR) is 127 cm³/mol. The van der Waals surface area contributed by atoms with Crippen molar-refractivity contribution in [3.05, 3.63) is 57.8 Å². The summed E-state index contributed by atoms with van der Waals surface area (Å²) in [6.45, 7) is 6.03. The summed E-state index contributed by atoms with van der Waals surface area (Å²) in [6, 6.07) is 9.15. The molecule has 0 saturated heterocycles. The Balaban J connectivity index is 1.54. The number of nitrogens with one attached hydrogen (secondary N) is 2. The predicted octanol–water partition coefficient (Wildman–Crippen LogP) is 4.01. The Bertz CT molecular complexity index is 1190. The van der Waals surface area contributed by atoms with E-state index in [-0.39, 0.29) is 30.9 Å². The van der Waals surface area contributed by atoms with Crippen molar-refractivity contribution in [2.45, 2.75) is 33.2 Å². The first-order valence-electron chi connectivity index (χ1n) is 10.5. The van der Waals surface area contributed by atoms with Gasteiger partial charge in [-0.2, -0.15) is 10.1 Å². The monoisotopic (exact) mass is 513 g/mol. The summed E-state index contributed by atoms with van der Waals surface area (Å²) in [5.74, 6) is 0.852. The lowest BCUT2D eigenvalue weighted by molar-refractivity contribution is -0.118. The van der Waals surface area contributed by atoms with Crippen molar-refractivity contribution in [1.29, 1.82) is 0 Å². The molecule has 0 fully saturated rings. The Hall–Kier alpha value is -3.40. The summed E-state index contributed by atoms with van der Waals surface area (Å²) < 4.78 is 13.9. The van der Waals surface area contributed by atoms with E-state index in [1.807, 2.05) is 45.0 Å². The zero-order chi connectivity index (χ0) is 23.5. The topological polar surface area (TPSA) is 107 Å². The molecule has 10 heteroatoms. The van der Waals surface area contributed by atoms with Crippen LogP contribution in [0.1, 0.15) is 36.1 Å². The second-order valence-corrected chi connectivity index (χ2v) is 8.63. The molecule has 1 aliphatic heterocycles. The highest BCUT2D eigenvalue weighted by Crippen LogP contribution is 2.40. The van der Waals surface area contributed by atoms with Crippen molar-refractivity contribution in [2.75, 3.05) is 23.8 Å². The van der Waals surface area contributed by atoms with Crippen LogP contribution in [0.2, 0.25) is 0 Å². The molecular formula is C23H24BrN5O4. The van der Waals surface area contributed by atoms with Crippen LogP contribution < -0.4 is 20.1 Å². The fourth-order valence-electron chi connectivity index (χ4n) is 3.83. The molecule has 1 aliphatic rings. The molecule has 0 bridgehead atoms. The van der Waals surface area contributed by atoms with Crippen molar-refractivity contribution in [3.8, 4) is 11.5 Å². The maximum atomic E-state index is 12.5. The van der Waals surface area contributed by atoms with Crippen LogP contribution in [0, 0.1) is 13.8 Å². The summed E-state index contributed by atoms with van der Waals surface area (Å²) in [7, 11) is 0. The lowest BCUT2D eigenvalue weighted by Crippen LogP contribution is -2.29. The maximum absolute atomic E-state index is 12.5. The zero-order valence-corrected chi connectivity index (χ0v) is 20.1. The van der Waals surface area contributed by atoms with Gasteiger partial charge in [0.1, 0.15) is 6.33 Å². The Morgan fingerprint density at radius 2 is 1.97 bits per heavy atom. The number of carbonyl (C=O) groups is 2. The smallest absolute Gasteiger partial charge is 0.262 e. The van der Waals surface area contributed by atoms with E-state index in [1.54, 1.807) is 10.7 Å². The van der Waals surface area contributed by atoms with Crippen molar-refractivity contribution in [3.63, 3.8) is 0 Å². The minimum Gasteiger partial charge on any atom is -0.490 e. The van der Waals surface area contributed by atoms with E-state index in [1.165, 1.54) is 6.33 Å². The van der Waals surface area contributed by atoms with E-state index < -0.39 is 0 Å². The van der Waals surface area contributed by atoms with Gasteiger partial charge in [0.2, 0.25) is 11.9 Å². The molecule has 1 atom stereocenters. The highest BCUT2D eigenvalue weighted by atomic mass is 79.9. The molecule has 0 aliphatic carbocycles. The lowest BCUT2D eigenvalue weighted by Gasteiger charge is -2.25. The quantitative estimate of drug-likeness (QED) is 0.494. The number of nitrogens with zero attached hydrogens (tertiary/aromatic N) is 3. The Morgan fingerprint density at radius 3 is 2.70 bits per heavy atom. The van der Waals surface area contributed by atoms with E-state index >= 15 is 0 Å². The third-order valence-electron chi connectivity index (χ3n) is 5.07. The highest BCUT2D eigenvalue weighted by molar-refractivity contribution is 9.10. The average Bonchev–Trinajstić information content (AvgIpc) is 3.20. The van der Waals surface area contributed by atoms with Gasteiger partial charge in [0, 0.05) is 5.69 Å². The summed E-state index contributed by atoms with van der Waals surface area (Å²) in [5, 5.41) is 9.80. The molecule has 2 N–H and O–H groups in total. The number of carbonyl (C=O) groups excluding carboxylic acids is 2. The molecule has 4 rings (SSSR count). The molecular weight excluding hydrogens is 490 g/mol. The van der Waals surface area contributed by atoms with Crippen molar-refractivity contribution in [2.24, 2.45) is 0 Å². The molecule has 2 amide bonds. The first-order chi connectivity index (χ1) is 15.8. The molecule has 3 aromatic rings. The van der Waals surface area contributed by atoms with Crippen LogP contribution in [-0.2, 0) is 9.59 Å². The molecule has 2 aromatic carbocycles. The van der Waals surface area contributed by atoms with Crippen molar-refractivity contribution >= 4 is 39.4 Å². The fourth-order valence-corrected chi connectivity index (χ4v) is 4.40. The van der Waals surface area contributed by atoms with E-state index in [4.69, 9.17) is 9.47 Å². The molecule has 172 valence electrons. The van der Waals surface area contributed by atoms with Gasteiger partial charge in [-0.05, 0) is 77.7 Å². The highest BCUT2D eigenvalue weighted by Gasteiger charge is 2.29. The van der Waals surface area contributed by atoms with E-state index in [2.05, 4.69) is 36.6 Å². The Kier molecular flexibility index (Phi) is 6.64. The van der Waals surface area contributed by atoms with Gasteiger partial charge >= 0.3 is 0 Å². The number of amides is 2. The van der Waals surface area contributed by atoms with Gasteiger partial charge in [-0.1, -0.05) is 6.07 Å². The van der Waals surface area contributed by atoms with Gasteiger partial charge in [0.15, 0.2) is 18.1 Å². The van der Waals surface area contributed by atoms with Gasteiger partial charge in [0.25, 0.3) is 5.91 Å². The van der Waals surface area contributed by atoms with Crippen LogP contribution in [0.4, 0.5) is 11.6 Å². The summed E-state index contributed by atoms with van der Waals surface area (Å²) in [4.78, 5) is 28.7. The van der Waals surface area contributed by atoms with Crippen LogP contribution >= 0.6 is 15.9 Å². The normalized spacial score (nSPS) is 14.9. The summed E-state index contributed by atoms with van der Waals surface area (Å²) in [6.07, 6.45) is 1.62. The number of halogens is 1. The number of rotatable bonds is 7. The van der Waals surface area contributed by atoms with Gasteiger partial charge < -0.3 is 14.8 Å². The third-order valence-corrected chi connectivity index (χ3v) is 5.66. The maximum Gasteiger partial charge on any atom is 0.262 e. The van der Waals surface area contributed by atoms with Crippen LogP contribution in [0.5, 0.6) is 11.5 Å². The first-order valence-corrected chi connectivity index (χ1v) is 11.3. The van der Waals surface area contributed by atoms with Gasteiger partial charge in [-0.25, -0.2) is 4.68 Å². The number of fused-ring (bicyclic) bond motifs is 1. The molecule has 0 unspecified atom stereocenters. The SMILES string of the molecule is CCOc1cc([C@@H]2CC(=O)Nc3ncnn32)cc(Br)c1OCC(=O)Nc1cc(C)cc(C)c1. The number of ether oxygens (including phenoxy) is 2. The molecule has 0 saturated carbocycles. The molecule has 0 spiro atoms. The lowest BCUT2D eigenvalue weighted by atomic mass is 10.0. The molecule has 2 heterocycles. The largest absolute Gasteiger partial charge is 0.490 e. The zero-order valence-electron chi connectivity index (χ0n) is 18.5. The van der Waals surface area contributed by atoms with E-state index in [0.717, 1.165) is 22.4 Å². The average molecular weight is 514 g/mol. The standard InChI is InChI=1S/C23H24BrN5O4/c1-4-32-19-9-15(18-10-20(30)28-23-25-12-26-29(18)23)8-17(24)22(19)33-11-21(31)27-16-6-13(2)5-14(3)7-16/h5-9,12,18H,4,10-11H2,1-3H3,(H,27,31)(H,25,26,28,30)/t18-/m0/s1. The Morgan fingerprint density at radius 1 is 1.21 bits per heavy atom. The molecule has 33 heavy (non-hydrogen) atoms. The molecule has 9 nitrogen and oxygen atoms in total.